The molecule has 1 fully saturated rings. The molecule has 0 aromatic heterocycles. The van der Waals surface area contributed by atoms with Gasteiger partial charge in [0.2, 0.25) is 0 Å². The standard InChI is InChI=1S/C35H46O2/c1-3-4-5-6-7-8-15-26-36-33-24-25-34(30-16-11-9-12-17-30)35(27-33)31-22-20-29(21-23-31)28(2)37-32-18-13-10-14-19-32/h9,11-12,16-17,20,22-25,27,32H,3-8,10,13-15,18-19,21,26H2,1-2H3/b29-28-. The topological polar surface area (TPSA) is 18.5 Å². The predicted molar refractivity (Wildman–Crippen MR) is 158 cm³/mol. The zero-order valence-electron chi connectivity index (χ0n) is 23.1. The zero-order valence-corrected chi connectivity index (χ0v) is 23.1. The van der Waals surface area contributed by atoms with Crippen molar-refractivity contribution in [3.05, 3.63) is 83.7 Å². The highest BCUT2D eigenvalue weighted by Gasteiger charge is 2.17. The third-order valence-corrected chi connectivity index (χ3v) is 7.76. The summed E-state index contributed by atoms with van der Waals surface area (Å²) >= 11 is 0. The Hall–Kier alpha value is -2.74. The third-order valence-electron chi connectivity index (χ3n) is 7.76. The first-order valence-corrected chi connectivity index (χ1v) is 14.8. The molecule has 1 saturated carbocycles. The molecule has 0 saturated heterocycles. The average molecular weight is 499 g/mol. The Balaban J connectivity index is 1.43. The van der Waals surface area contributed by atoms with Gasteiger partial charge in [-0.3, -0.25) is 0 Å². The molecule has 0 amide bonds. The smallest absolute Gasteiger partial charge is 0.119 e. The molecule has 2 heteroatoms. The second kappa shape index (κ2) is 14.9. The SMILES string of the molecule is CCCCCCCCCOc1ccc(-c2ccccc2)c(C2=CC/C(=C(/C)OC3CCCCC3)C=C2)c1. The molecule has 4 rings (SSSR count). The van der Waals surface area contributed by atoms with Gasteiger partial charge in [-0.05, 0) is 85.4 Å². The van der Waals surface area contributed by atoms with Crippen molar-refractivity contribution in [2.24, 2.45) is 0 Å². The molecule has 0 atom stereocenters. The summed E-state index contributed by atoms with van der Waals surface area (Å²) in [5.41, 5.74) is 6.28. The van der Waals surface area contributed by atoms with Crippen LogP contribution in [-0.2, 0) is 4.74 Å². The van der Waals surface area contributed by atoms with E-state index in [0.29, 0.717) is 6.10 Å². The Kier molecular flexibility index (Phi) is 11.0. The lowest BCUT2D eigenvalue weighted by atomic mass is 9.90. The first kappa shape index (κ1) is 27.3. The fourth-order valence-corrected chi connectivity index (χ4v) is 5.49. The van der Waals surface area contributed by atoms with Gasteiger partial charge >= 0.3 is 0 Å². The van der Waals surface area contributed by atoms with Crippen LogP contribution in [-0.4, -0.2) is 12.7 Å². The molecule has 0 heterocycles. The Bertz CT molecular complexity index is 1050. The lowest BCUT2D eigenvalue weighted by molar-refractivity contribution is 0.0819. The van der Waals surface area contributed by atoms with E-state index < -0.39 is 0 Å². The molecular formula is C35H46O2. The Morgan fingerprint density at radius 2 is 1.57 bits per heavy atom. The van der Waals surface area contributed by atoms with Crippen molar-refractivity contribution >= 4 is 5.57 Å². The van der Waals surface area contributed by atoms with Crippen LogP contribution in [0, 0.1) is 0 Å². The third kappa shape index (κ3) is 8.38. The summed E-state index contributed by atoms with van der Waals surface area (Å²) in [7, 11) is 0. The number of hydrogen-bond acceptors (Lipinski definition) is 2. The van der Waals surface area contributed by atoms with E-state index in [2.05, 4.69) is 80.6 Å². The molecule has 0 spiro atoms. The maximum atomic E-state index is 6.35. The molecule has 0 radical (unpaired) electrons. The summed E-state index contributed by atoms with van der Waals surface area (Å²) in [6, 6.07) is 17.3. The maximum absolute atomic E-state index is 6.35. The molecule has 0 aliphatic heterocycles. The number of benzene rings is 2. The van der Waals surface area contributed by atoms with Gasteiger partial charge in [-0.2, -0.15) is 0 Å². The molecule has 37 heavy (non-hydrogen) atoms. The molecule has 0 unspecified atom stereocenters. The van der Waals surface area contributed by atoms with E-state index in [9.17, 15) is 0 Å². The number of rotatable bonds is 13. The highest BCUT2D eigenvalue weighted by molar-refractivity contribution is 5.87. The first-order chi connectivity index (χ1) is 18.2. The molecular weight excluding hydrogens is 452 g/mol. The molecule has 2 aliphatic carbocycles. The van der Waals surface area contributed by atoms with E-state index in [-0.39, 0.29) is 0 Å². The second-order valence-electron chi connectivity index (χ2n) is 10.7. The van der Waals surface area contributed by atoms with Crippen LogP contribution in [0.2, 0.25) is 0 Å². The predicted octanol–water partition coefficient (Wildman–Crippen LogP) is 10.4. The summed E-state index contributed by atoms with van der Waals surface area (Å²) in [6.07, 6.45) is 23.6. The summed E-state index contributed by atoms with van der Waals surface area (Å²) in [4.78, 5) is 0. The van der Waals surface area contributed by atoms with Crippen LogP contribution in [0.15, 0.2) is 78.1 Å². The molecule has 198 valence electrons. The van der Waals surface area contributed by atoms with Crippen molar-refractivity contribution in [2.75, 3.05) is 6.61 Å². The number of unbranched alkanes of at least 4 members (excludes halogenated alkanes) is 6. The van der Waals surface area contributed by atoms with E-state index >= 15 is 0 Å². The quantitative estimate of drug-likeness (QED) is 0.202. The van der Waals surface area contributed by atoms with Gasteiger partial charge in [0.1, 0.15) is 5.75 Å². The van der Waals surface area contributed by atoms with Crippen molar-refractivity contribution < 1.29 is 9.47 Å². The fourth-order valence-electron chi connectivity index (χ4n) is 5.49. The van der Waals surface area contributed by atoms with E-state index in [1.165, 1.54) is 98.5 Å². The van der Waals surface area contributed by atoms with Crippen molar-refractivity contribution in [1.29, 1.82) is 0 Å². The minimum atomic E-state index is 0.398. The average Bonchev–Trinajstić information content (AvgIpc) is 2.95. The van der Waals surface area contributed by atoms with Crippen LogP contribution >= 0.6 is 0 Å². The number of allylic oxidation sites excluding steroid dienone is 6. The van der Waals surface area contributed by atoms with E-state index in [0.717, 1.165) is 31.0 Å². The minimum absolute atomic E-state index is 0.398. The van der Waals surface area contributed by atoms with Crippen molar-refractivity contribution in [3.63, 3.8) is 0 Å². The van der Waals surface area contributed by atoms with E-state index in [4.69, 9.17) is 9.47 Å². The zero-order chi connectivity index (χ0) is 25.7. The van der Waals surface area contributed by atoms with E-state index in [1.807, 2.05) is 0 Å². The monoisotopic (exact) mass is 498 g/mol. The van der Waals surface area contributed by atoms with Crippen LogP contribution in [0.4, 0.5) is 0 Å². The largest absolute Gasteiger partial charge is 0.495 e. The van der Waals surface area contributed by atoms with Gasteiger partial charge in [0.05, 0.1) is 18.5 Å². The van der Waals surface area contributed by atoms with Gasteiger partial charge in [0.15, 0.2) is 0 Å². The van der Waals surface area contributed by atoms with Gasteiger partial charge in [0, 0.05) is 0 Å². The molecule has 0 N–H and O–H groups in total. The van der Waals surface area contributed by atoms with Crippen molar-refractivity contribution in [1.82, 2.24) is 0 Å². The Morgan fingerprint density at radius 3 is 2.30 bits per heavy atom. The summed E-state index contributed by atoms with van der Waals surface area (Å²) in [5, 5.41) is 0. The minimum Gasteiger partial charge on any atom is -0.495 e. The molecule has 2 aromatic carbocycles. The lowest BCUT2D eigenvalue weighted by Gasteiger charge is -2.25. The van der Waals surface area contributed by atoms with Crippen LogP contribution in [0.5, 0.6) is 5.75 Å². The van der Waals surface area contributed by atoms with Crippen LogP contribution in [0.1, 0.15) is 103 Å². The number of hydrogen-bond donors (Lipinski definition) is 0. The Morgan fingerprint density at radius 1 is 0.811 bits per heavy atom. The van der Waals surface area contributed by atoms with Crippen molar-refractivity contribution in [2.45, 2.75) is 103 Å². The lowest BCUT2D eigenvalue weighted by Crippen LogP contribution is -2.16. The second-order valence-corrected chi connectivity index (χ2v) is 10.7. The van der Waals surface area contributed by atoms with E-state index in [1.54, 1.807) is 0 Å². The first-order valence-electron chi connectivity index (χ1n) is 14.8. The van der Waals surface area contributed by atoms with Crippen molar-refractivity contribution in [3.8, 4) is 16.9 Å². The van der Waals surface area contributed by atoms with Crippen LogP contribution in [0.25, 0.3) is 16.7 Å². The summed E-state index contributed by atoms with van der Waals surface area (Å²) in [6.45, 7) is 5.20. The van der Waals surface area contributed by atoms with Crippen LogP contribution < -0.4 is 4.74 Å². The van der Waals surface area contributed by atoms with Crippen LogP contribution in [0.3, 0.4) is 0 Å². The Labute approximate surface area is 225 Å². The molecule has 2 nitrogen and oxygen atoms in total. The normalized spacial score (nSPS) is 17.4. The summed E-state index contributed by atoms with van der Waals surface area (Å²) in [5.74, 6) is 2.06. The van der Waals surface area contributed by atoms with Gasteiger partial charge in [0.25, 0.3) is 0 Å². The van der Waals surface area contributed by atoms with Gasteiger partial charge < -0.3 is 9.47 Å². The van der Waals surface area contributed by atoms with Gasteiger partial charge in [-0.15, -0.1) is 0 Å². The van der Waals surface area contributed by atoms with Gasteiger partial charge in [-0.25, -0.2) is 0 Å². The molecule has 2 aromatic rings. The fraction of sp³-hybridized carbons (Fsp3) is 0.486. The highest BCUT2D eigenvalue weighted by Crippen LogP contribution is 2.36. The number of ether oxygens (including phenoxy) is 2. The van der Waals surface area contributed by atoms with Gasteiger partial charge in [-0.1, -0.05) is 106 Å². The summed E-state index contributed by atoms with van der Waals surface area (Å²) < 4.78 is 12.6. The molecule has 2 aliphatic rings. The highest BCUT2D eigenvalue weighted by atomic mass is 16.5. The maximum Gasteiger partial charge on any atom is 0.119 e. The molecule has 0 bridgehead atoms.